The first-order valence-electron chi connectivity index (χ1n) is 15.3. The molecule has 12 nitrogen and oxygen atoms in total. The zero-order valence-electron chi connectivity index (χ0n) is 27.4. The maximum atomic E-state index is 13.9. The van der Waals surface area contributed by atoms with Crippen LogP contribution in [0.15, 0.2) is 0 Å². The number of nitrogens with one attached hydrogen (secondary N) is 3. The van der Waals surface area contributed by atoms with Crippen LogP contribution in [0.5, 0.6) is 0 Å². The van der Waals surface area contributed by atoms with E-state index < -0.39 is 70.5 Å². The van der Waals surface area contributed by atoms with Gasteiger partial charge in [-0.3, -0.25) is 19.2 Å². The van der Waals surface area contributed by atoms with E-state index in [2.05, 4.69) is 16.0 Å². The topological polar surface area (TPSA) is 177 Å². The van der Waals surface area contributed by atoms with Crippen molar-refractivity contribution in [3.63, 3.8) is 0 Å². The maximum absolute atomic E-state index is 13.9. The van der Waals surface area contributed by atoms with Crippen molar-refractivity contribution in [2.24, 2.45) is 27.9 Å². The smallest absolute Gasteiger partial charge is 0.329 e. The number of nitrogens with zero attached hydrogens (tertiary/aromatic N) is 1. The Hall–Kier alpha value is -3.18. The number of carbonyl (C=O) groups excluding carboxylic acids is 6. The Balaban J connectivity index is 2.18. The van der Waals surface area contributed by atoms with Gasteiger partial charge in [-0.15, -0.1) is 0 Å². The summed E-state index contributed by atoms with van der Waals surface area (Å²) in [6.07, 6.45) is 4.11. The van der Waals surface area contributed by atoms with Crippen LogP contribution < -0.4 is 21.7 Å². The molecule has 0 aromatic heterocycles. The highest BCUT2D eigenvalue weighted by Gasteiger charge is 2.44. The molecule has 2 aliphatic rings. The number of rotatable bonds is 11. The number of primary amides is 1. The van der Waals surface area contributed by atoms with Gasteiger partial charge in [0.2, 0.25) is 17.6 Å². The zero-order valence-corrected chi connectivity index (χ0v) is 27.4. The molecule has 43 heavy (non-hydrogen) atoms. The summed E-state index contributed by atoms with van der Waals surface area (Å²) >= 11 is 0. The van der Waals surface area contributed by atoms with Crippen LogP contribution in [-0.2, 0) is 28.7 Å². The van der Waals surface area contributed by atoms with Gasteiger partial charge in [0.05, 0.1) is 12.6 Å². The minimum atomic E-state index is -1.11. The third-order valence-electron chi connectivity index (χ3n) is 7.92. The Morgan fingerprint density at radius 3 is 1.84 bits per heavy atom. The Morgan fingerprint density at radius 1 is 0.814 bits per heavy atom. The lowest BCUT2D eigenvalue weighted by Gasteiger charge is -2.37. The molecule has 5 amide bonds. The third kappa shape index (κ3) is 10.5. The standard InChI is InChI=1S/C31H53N5O7/c1-29(2,3)17-43-27(41)23(31(7,8)9)35-28(42)34-22(30(4,5)6)26(40)36-15-11-14-20(36)25(39)33-19(21(37)24(32)38)16-18-12-10-13-18/h18-20,22-23H,10-17H2,1-9H3,(H2,32,38)(H,33,39)(H2,34,35,42). The summed E-state index contributed by atoms with van der Waals surface area (Å²) < 4.78 is 5.48. The number of likely N-dealkylation sites (tertiary alicyclic amines) is 1. The van der Waals surface area contributed by atoms with E-state index in [-0.39, 0.29) is 24.5 Å². The summed E-state index contributed by atoms with van der Waals surface area (Å²) in [4.78, 5) is 79.0. The summed E-state index contributed by atoms with van der Waals surface area (Å²) in [7, 11) is 0. The normalized spacial score (nSPS) is 19.8. The van der Waals surface area contributed by atoms with E-state index in [0.717, 1.165) is 19.3 Å². The van der Waals surface area contributed by atoms with Crippen LogP contribution >= 0.6 is 0 Å². The van der Waals surface area contributed by atoms with Crippen molar-refractivity contribution in [2.75, 3.05) is 13.2 Å². The van der Waals surface area contributed by atoms with Gasteiger partial charge in [-0.1, -0.05) is 81.6 Å². The summed E-state index contributed by atoms with van der Waals surface area (Å²) in [5, 5.41) is 8.13. The number of hydrogen-bond acceptors (Lipinski definition) is 7. The molecule has 244 valence electrons. The van der Waals surface area contributed by atoms with Crippen molar-refractivity contribution in [2.45, 2.75) is 125 Å². The van der Waals surface area contributed by atoms with Gasteiger partial charge in [0.25, 0.3) is 5.91 Å². The highest BCUT2D eigenvalue weighted by Crippen LogP contribution is 2.31. The molecular weight excluding hydrogens is 554 g/mol. The van der Waals surface area contributed by atoms with E-state index in [9.17, 15) is 28.8 Å². The van der Waals surface area contributed by atoms with Crippen molar-refractivity contribution < 1.29 is 33.5 Å². The molecule has 4 unspecified atom stereocenters. The summed E-state index contributed by atoms with van der Waals surface area (Å²) in [5.41, 5.74) is 3.56. The van der Waals surface area contributed by atoms with Crippen LogP contribution in [0.25, 0.3) is 0 Å². The molecule has 1 aliphatic carbocycles. The minimum absolute atomic E-state index is 0.176. The van der Waals surface area contributed by atoms with Crippen molar-refractivity contribution in [3.05, 3.63) is 0 Å². The molecule has 0 spiro atoms. The van der Waals surface area contributed by atoms with Crippen LogP contribution in [0, 0.1) is 22.2 Å². The first-order chi connectivity index (χ1) is 19.6. The van der Waals surface area contributed by atoms with E-state index in [1.54, 1.807) is 41.5 Å². The minimum Gasteiger partial charge on any atom is -0.464 e. The van der Waals surface area contributed by atoms with Gasteiger partial charge in [0.15, 0.2) is 0 Å². The van der Waals surface area contributed by atoms with Gasteiger partial charge in [0.1, 0.15) is 18.1 Å². The molecule has 0 bridgehead atoms. The highest BCUT2D eigenvalue weighted by atomic mass is 16.5. The Labute approximate surface area is 256 Å². The number of ether oxygens (including phenoxy) is 1. The molecule has 5 N–H and O–H groups in total. The average Bonchev–Trinajstić information content (AvgIpc) is 3.33. The number of esters is 1. The number of carbonyl (C=O) groups is 6. The maximum Gasteiger partial charge on any atom is 0.329 e. The van der Waals surface area contributed by atoms with Gasteiger partial charge in [-0.05, 0) is 41.4 Å². The Morgan fingerprint density at radius 2 is 1.37 bits per heavy atom. The highest BCUT2D eigenvalue weighted by molar-refractivity contribution is 6.37. The quantitative estimate of drug-likeness (QED) is 0.206. The molecule has 1 saturated carbocycles. The van der Waals surface area contributed by atoms with Gasteiger partial charge in [0, 0.05) is 6.54 Å². The van der Waals surface area contributed by atoms with Gasteiger partial charge >= 0.3 is 12.0 Å². The van der Waals surface area contributed by atoms with Gasteiger partial charge < -0.3 is 31.3 Å². The van der Waals surface area contributed by atoms with Crippen LogP contribution in [0.4, 0.5) is 4.79 Å². The molecule has 2 fully saturated rings. The Kier molecular flexibility index (Phi) is 11.8. The molecule has 12 heteroatoms. The second-order valence-corrected chi connectivity index (χ2v) is 15.4. The second kappa shape index (κ2) is 14.1. The largest absolute Gasteiger partial charge is 0.464 e. The fourth-order valence-electron chi connectivity index (χ4n) is 5.15. The zero-order chi connectivity index (χ0) is 32.9. The number of ketones is 1. The van der Waals surface area contributed by atoms with E-state index in [0.29, 0.717) is 19.3 Å². The third-order valence-corrected chi connectivity index (χ3v) is 7.92. The molecule has 1 saturated heterocycles. The second-order valence-electron chi connectivity index (χ2n) is 15.4. The molecule has 1 heterocycles. The van der Waals surface area contributed by atoms with E-state index in [1.807, 2.05) is 20.8 Å². The first kappa shape index (κ1) is 36.0. The lowest BCUT2D eigenvalue weighted by atomic mass is 9.80. The first-order valence-corrected chi connectivity index (χ1v) is 15.3. The van der Waals surface area contributed by atoms with E-state index in [1.165, 1.54) is 4.90 Å². The van der Waals surface area contributed by atoms with Gasteiger partial charge in [-0.2, -0.15) is 0 Å². The Bertz CT molecular complexity index is 1070. The summed E-state index contributed by atoms with van der Waals surface area (Å²) in [6.45, 7) is 17.0. The molecule has 1 aliphatic heterocycles. The summed E-state index contributed by atoms with van der Waals surface area (Å²) in [5.74, 6) is -3.30. The monoisotopic (exact) mass is 607 g/mol. The van der Waals surface area contributed by atoms with Crippen LogP contribution in [-0.4, -0.2) is 77.7 Å². The predicted molar refractivity (Wildman–Crippen MR) is 161 cm³/mol. The van der Waals surface area contributed by atoms with Crippen LogP contribution in [0.3, 0.4) is 0 Å². The van der Waals surface area contributed by atoms with Crippen molar-refractivity contribution in [3.8, 4) is 0 Å². The summed E-state index contributed by atoms with van der Waals surface area (Å²) in [6, 6.07) is -4.64. The van der Waals surface area contributed by atoms with Gasteiger partial charge in [-0.25, -0.2) is 9.59 Å². The SMILES string of the molecule is CC(C)(C)COC(=O)C(NC(=O)NC(C(=O)N1CCCC1C(=O)NC(CC1CCC1)C(=O)C(N)=O)C(C)(C)C)C(C)(C)C. The van der Waals surface area contributed by atoms with E-state index in [4.69, 9.17) is 10.5 Å². The average molecular weight is 608 g/mol. The predicted octanol–water partition coefficient (Wildman–Crippen LogP) is 2.42. The number of urea groups is 1. The number of amides is 5. The van der Waals surface area contributed by atoms with Crippen LogP contribution in [0.1, 0.15) is 101 Å². The number of hydrogen-bond donors (Lipinski definition) is 4. The number of Topliss-reactive ketones (excluding diaryl/α,β-unsaturated/α-hetero) is 1. The van der Waals surface area contributed by atoms with Crippen molar-refractivity contribution >= 4 is 35.5 Å². The molecule has 0 aromatic rings. The van der Waals surface area contributed by atoms with Crippen LogP contribution in [0.2, 0.25) is 0 Å². The lowest BCUT2D eigenvalue weighted by Crippen LogP contribution is -2.62. The molecule has 2 rings (SSSR count). The molecule has 0 radical (unpaired) electrons. The fourth-order valence-corrected chi connectivity index (χ4v) is 5.15. The molecule has 4 atom stereocenters. The van der Waals surface area contributed by atoms with Crippen molar-refractivity contribution in [1.29, 1.82) is 0 Å². The fraction of sp³-hybridized carbons (Fsp3) is 0.806. The number of nitrogens with two attached hydrogens (primary N) is 1. The van der Waals surface area contributed by atoms with Crippen molar-refractivity contribution in [1.82, 2.24) is 20.9 Å². The molecule has 0 aromatic carbocycles. The lowest BCUT2D eigenvalue weighted by molar-refractivity contribution is -0.151. The molecular formula is C31H53N5O7. The van der Waals surface area contributed by atoms with E-state index >= 15 is 0 Å².